The molecule has 5 N–H and O–H groups in total. The number of carbonyl (C=O) groups is 1. The van der Waals surface area contributed by atoms with Crippen molar-refractivity contribution < 1.29 is 24.9 Å². The third kappa shape index (κ3) is 2.57. The van der Waals surface area contributed by atoms with Gasteiger partial charge in [-0.25, -0.2) is 0 Å². The van der Waals surface area contributed by atoms with E-state index in [1.807, 2.05) is 0 Å². The number of carbonyl (C=O) groups excluding carboxylic acids is 1. The first-order chi connectivity index (χ1) is 13.1. The molecular formula is C22H37NO5. The molecule has 0 aromatic carbocycles. The van der Waals surface area contributed by atoms with Gasteiger partial charge in [0.25, 0.3) is 0 Å². The van der Waals surface area contributed by atoms with Crippen molar-refractivity contribution in [3.8, 4) is 0 Å². The zero-order valence-electron chi connectivity index (χ0n) is 17.3. The van der Waals surface area contributed by atoms with Gasteiger partial charge in [0.1, 0.15) is 12.2 Å². The predicted molar refractivity (Wildman–Crippen MR) is 104 cm³/mol. The summed E-state index contributed by atoms with van der Waals surface area (Å²) in [5.41, 5.74) is 4.16. The lowest BCUT2D eigenvalue weighted by molar-refractivity contribution is -0.217. The van der Waals surface area contributed by atoms with E-state index in [0.717, 1.165) is 44.9 Å². The zero-order chi connectivity index (χ0) is 20.4. The third-order valence-electron chi connectivity index (χ3n) is 9.92. The van der Waals surface area contributed by atoms with Crippen molar-refractivity contribution in [3.63, 3.8) is 0 Å². The van der Waals surface area contributed by atoms with Gasteiger partial charge < -0.3 is 25.8 Å². The van der Waals surface area contributed by atoms with Crippen LogP contribution in [0.3, 0.4) is 0 Å². The van der Waals surface area contributed by atoms with Gasteiger partial charge in [0, 0.05) is 5.41 Å². The third-order valence-corrected chi connectivity index (χ3v) is 9.92. The van der Waals surface area contributed by atoms with Crippen LogP contribution in [0.5, 0.6) is 0 Å². The van der Waals surface area contributed by atoms with Crippen molar-refractivity contribution in [1.29, 1.82) is 0 Å². The summed E-state index contributed by atoms with van der Waals surface area (Å²) in [5.74, 6) is 0.539. The second-order valence-corrected chi connectivity index (χ2v) is 10.7. The summed E-state index contributed by atoms with van der Waals surface area (Å²) in [6.07, 6.45) is 6.91. The Bertz CT molecular complexity index is 642. The van der Waals surface area contributed by atoms with Crippen LogP contribution < -0.4 is 5.73 Å². The summed E-state index contributed by atoms with van der Waals surface area (Å²) in [6, 6.07) is 0. The Balaban J connectivity index is 1.62. The number of hydrogen-bond acceptors (Lipinski definition) is 6. The lowest BCUT2D eigenvalue weighted by Crippen LogP contribution is -2.63. The molecule has 0 aromatic heterocycles. The van der Waals surface area contributed by atoms with Crippen LogP contribution in [0.15, 0.2) is 0 Å². The van der Waals surface area contributed by atoms with Gasteiger partial charge in [0.05, 0.1) is 19.3 Å². The molecule has 0 heterocycles. The maximum Gasteiger partial charge on any atom is 0.319 e. The van der Waals surface area contributed by atoms with E-state index in [1.165, 1.54) is 0 Å². The van der Waals surface area contributed by atoms with Crippen LogP contribution in [0.4, 0.5) is 0 Å². The summed E-state index contributed by atoms with van der Waals surface area (Å²) in [5, 5.41) is 32.2. The molecule has 1 spiro atoms. The minimum Gasteiger partial charge on any atom is -0.462 e. The predicted octanol–water partition coefficient (Wildman–Crippen LogP) is 1.60. The second kappa shape index (κ2) is 6.66. The molecule has 4 aliphatic rings. The molecule has 0 unspecified atom stereocenters. The van der Waals surface area contributed by atoms with E-state index in [-0.39, 0.29) is 36.5 Å². The Kier molecular flexibility index (Phi) is 4.89. The van der Waals surface area contributed by atoms with Gasteiger partial charge in [-0.3, -0.25) is 4.79 Å². The molecule has 4 saturated carbocycles. The zero-order valence-corrected chi connectivity index (χ0v) is 17.3. The topological polar surface area (TPSA) is 113 Å². The molecule has 6 heteroatoms. The normalized spacial score (nSPS) is 52.6. The molecule has 0 aromatic rings. The van der Waals surface area contributed by atoms with Gasteiger partial charge in [-0.05, 0) is 80.0 Å². The lowest BCUT2D eigenvalue weighted by Gasteiger charge is -2.66. The summed E-state index contributed by atoms with van der Waals surface area (Å²) >= 11 is 0. The van der Waals surface area contributed by atoms with Crippen molar-refractivity contribution in [2.45, 2.75) is 76.9 Å². The SMILES string of the molecule is C[C@@]1(CO)[C@H](O)CC[C@]2(C)[C@@H]1CC[C@H]1C[C@H]3C[C@]12CC[C@@]3(O)COC(=O)CN. The molecule has 0 saturated heterocycles. The quantitative estimate of drug-likeness (QED) is 0.538. The summed E-state index contributed by atoms with van der Waals surface area (Å²) in [4.78, 5) is 11.5. The van der Waals surface area contributed by atoms with Gasteiger partial charge in [-0.1, -0.05) is 13.8 Å². The van der Waals surface area contributed by atoms with Crippen LogP contribution in [-0.4, -0.2) is 52.8 Å². The minimum atomic E-state index is -0.951. The van der Waals surface area contributed by atoms with Crippen molar-refractivity contribution in [3.05, 3.63) is 0 Å². The Morgan fingerprint density at radius 2 is 1.89 bits per heavy atom. The van der Waals surface area contributed by atoms with Gasteiger partial charge in [0.15, 0.2) is 0 Å². The number of aliphatic hydroxyl groups excluding tert-OH is 2. The Labute approximate surface area is 167 Å². The van der Waals surface area contributed by atoms with Crippen molar-refractivity contribution in [1.82, 2.24) is 0 Å². The van der Waals surface area contributed by atoms with E-state index in [0.29, 0.717) is 18.3 Å². The van der Waals surface area contributed by atoms with E-state index in [4.69, 9.17) is 10.5 Å². The van der Waals surface area contributed by atoms with Gasteiger partial charge in [0.2, 0.25) is 0 Å². The first kappa shape index (κ1) is 20.6. The number of nitrogens with two attached hydrogens (primary N) is 1. The highest BCUT2D eigenvalue weighted by Gasteiger charge is 2.70. The second-order valence-electron chi connectivity index (χ2n) is 10.7. The molecule has 8 atom stereocenters. The molecule has 0 amide bonds. The maximum atomic E-state index is 11.5. The van der Waals surface area contributed by atoms with Crippen LogP contribution in [0, 0.1) is 34.0 Å². The molecular weight excluding hydrogens is 358 g/mol. The Morgan fingerprint density at radius 1 is 1.14 bits per heavy atom. The summed E-state index contributed by atoms with van der Waals surface area (Å²) in [7, 11) is 0. The first-order valence-corrected chi connectivity index (χ1v) is 11.0. The molecule has 28 heavy (non-hydrogen) atoms. The number of hydrogen-bond donors (Lipinski definition) is 4. The van der Waals surface area contributed by atoms with Crippen LogP contribution in [0.1, 0.15) is 65.2 Å². The van der Waals surface area contributed by atoms with Gasteiger partial charge in [-0.15, -0.1) is 0 Å². The largest absolute Gasteiger partial charge is 0.462 e. The molecule has 160 valence electrons. The van der Waals surface area contributed by atoms with Crippen molar-refractivity contribution in [2.75, 3.05) is 19.8 Å². The smallest absolute Gasteiger partial charge is 0.319 e. The molecule has 0 radical (unpaired) electrons. The van der Waals surface area contributed by atoms with E-state index >= 15 is 0 Å². The summed E-state index contributed by atoms with van der Waals surface area (Å²) < 4.78 is 5.25. The fraction of sp³-hybridized carbons (Fsp3) is 0.955. The van der Waals surface area contributed by atoms with Crippen LogP contribution in [0.2, 0.25) is 0 Å². The van der Waals surface area contributed by atoms with Gasteiger partial charge >= 0.3 is 5.97 Å². The van der Waals surface area contributed by atoms with Gasteiger partial charge in [-0.2, -0.15) is 0 Å². The number of aliphatic hydroxyl groups is 3. The molecule has 0 aliphatic heterocycles. The van der Waals surface area contributed by atoms with E-state index < -0.39 is 23.1 Å². The summed E-state index contributed by atoms with van der Waals surface area (Å²) in [6.45, 7) is 4.37. The van der Waals surface area contributed by atoms with E-state index in [1.54, 1.807) is 0 Å². The van der Waals surface area contributed by atoms with E-state index in [2.05, 4.69) is 13.8 Å². The number of ether oxygens (including phenoxy) is 1. The highest BCUT2D eigenvalue weighted by molar-refractivity contribution is 5.71. The standard InChI is InChI=1S/C22H37NO5/c1-19(12-24)16-4-3-14-9-15-10-21(14,20(16,2)6-5-17(19)25)7-8-22(15,27)13-28-18(26)11-23/h14-17,24-25,27H,3-13,23H2,1-2H3/t14-,15-,16+,17+,19-,20+,21+,22+/m0/s1. The highest BCUT2D eigenvalue weighted by atomic mass is 16.5. The van der Waals surface area contributed by atoms with Crippen molar-refractivity contribution in [2.24, 2.45) is 39.7 Å². The molecule has 6 nitrogen and oxygen atoms in total. The van der Waals surface area contributed by atoms with E-state index in [9.17, 15) is 20.1 Å². The molecule has 4 rings (SSSR count). The highest BCUT2D eigenvalue weighted by Crippen LogP contribution is 2.75. The van der Waals surface area contributed by atoms with Crippen LogP contribution >= 0.6 is 0 Å². The van der Waals surface area contributed by atoms with Crippen molar-refractivity contribution >= 4 is 5.97 Å². The lowest BCUT2D eigenvalue weighted by atomic mass is 9.39. The fourth-order valence-corrected chi connectivity index (χ4v) is 8.18. The first-order valence-electron chi connectivity index (χ1n) is 11.0. The minimum absolute atomic E-state index is 0.0254. The fourth-order valence-electron chi connectivity index (χ4n) is 8.18. The average molecular weight is 396 g/mol. The number of rotatable bonds is 4. The Morgan fingerprint density at radius 3 is 2.57 bits per heavy atom. The molecule has 2 bridgehead atoms. The van der Waals surface area contributed by atoms with Crippen LogP contribution in [-0.2, 0) is 9.53 Å². The Hall–Kier alpha value is -0.690. The van der Waals surface area contributed by atoms with Crippen LogP contribution in [0.25, 0.3) is 0 Å². The average Bonchev–Trinajstić information content (AvgIpc) is 3.04. The number of fused-ring (bicyclic) bond motifs is 2. The molecule has 4 fully saturated rings. The number of esters is 1. The monoisotopic (exact) mass is 395 g/mol. The molecule has 4 aliphatic carbocycles. The maximum absolute atomic E-state index is 11.5.